The van der Waals surface area contributed by atoms with Gasteiger partial charge in [0.2, 0.25) is 5.95 Å². The van der Waals surface area contributed by atoms with E-state index in [1.807, 2.05) is 60.7 Å². The molecule has 0 saturated heterocycles. The average Bonchev–Trinajstić information content (AvgIpc) is 3.17. The SMILES string of the molecule is O=c1[nH]c(NCc2nccc3ccccc23)nc2c1cnn2-c1ccccc1. The highest BCUT2D eigenvalue weighted by molar-refractivity contribution is 5.84. The Hall–Kier alpha value is -4.00. The summed E-state index contributed by atoms with van der Waals surface area (Å²) in [5.74, 6) is 0.380. The first-order valence-corrected chi connectivity index (χ1v) is 8.89. The number of rotatable bonds is 4. The fourth-order valence-corrected chi connectivity index (χ4v) is 3.25. The third-order valence-electron chi connectivity index (χ3n) is 4.62. The number of H-pyrrole nitrogens is 1. The van der Waals surface area contributed by atoms with Crippen LogP contribution >= 0.6 is 0 Å². The molecule has 5 rings (SSSR count). The minimum absolute atomic E-state index is 0.236. The maximum absolute atomic E-state index is 12.5. The van der Waals surface area contributed by atoms with E-state index in [1.54, 1.807) is 10.9 Å². The fourth-order valence-electron chi connectivity index (χ4n) is 3.25. The van der Waals surface area contributed by atoms with Crippen molar-refractivity contribution in [2.45, 2.75) is 6.54 Å². The molecule has 0 atom stereocenters. The number of aromatic amines is 1. The summed E-state index contributed by atoms with van der Waals surface area (Å²) in [6.07, 6.45) is 3.31. The van der Waals surface area contributed by atoms with E-state index in [4.69, 9.17) is 0 Å². The molecule has 0 amide bonds. The Morgan fingerprint density at radius 1 is 0.964 bits per heavy atom. The number of nitrogens with zero attached hydrogens (tertiary/aromatic N) is 4. The van der Waals surface area contributed by atoms with Crippen molar-refractivity contribution in [3.05, 3.63) is 89.1 Å². The monoisotopic (exact) mass is 368 g/mol. The first kappa shape index (κ1) is 16.2. The molecule has 0 saturated carbocycles. The number of para-hydroxylation sites is 1. The van der Waals surface area contributed by atoms with Gasteiger partial charge in [0.1, 0.15) is 5.39 Å². The van der Waals surface area contributed by atoms with Gasteiger partial charge >= 0.3 is 0 Å². The molecule has 7 heteroatoms. The highest BCUT2D eigenvalue weighted by Crippen LogP contribution is 2.18. The number of hydrogen-bond acceptors (Lipinski definition) is 5. The molecule has 0 aliphatic heterocycles. The standard InChI is InChI=1S/C21H16N6O/c28-20-17-12-24-27(15-7-2-1-3-8-15)19(17)25-21(26-20)23-13-18-16-9-5-4-6-14(16)10-11-22-18/h1-12H,13H2,(H2,23,25,26,28). The molecular formula is C21H16N6O. The molecule has 3 aromatic heterocycles. The quantitative estimate of drug-likeness (QED) is 0.508. The maximum Gasteiger partial charge on any atom is 0.263 e. The van der Waals surface area contributed by atoms with Crippen molar-refractivity contribution in [3.63, 3.8) is 0 Å². The van der Waals surface area contributed by atoms with Crippen molar-refractivity contribution >= 4 is 27.8 Å². The van der Waals surface area contributed by atoms with Crippen LogP contribution in [0.4, 0.5) is 5.95 Å². The Labute approximate surface area is 159 Å². The zero-order chi connectivity index (χ0) is 18.9. The van der Waals surface area contributed by atoms with E-state index in [-0.39, 0.29) is 5.56 Å². The molecule has 0 bridgehead atoms. The van der Waals surface area contributed by atoms with E-state index >= 15 is 0 Å². The first-order valence-electron chi connectivity index (χ1n) is 8.89. The minimum Gasteiger partial charge on any atom is -0.350 e. The zero-order valence-corrected chi connectivity index (χ0v) is 14.8. The highest BCUT2D eigenvalue weighted by Gasteiger charge is 2.12. The number of aromatic nitrogens is 5. The van der Waals surface area contributed by atoms with Crippen LogP contribution in [0.2, 0.25) is 0 Å². The summed E-state index contributed by atoms with van der Waals surface area (Å²) in [7, 11) is 0. The lowest BCUT2D eigenvalue weighted by Gasteiger charge is -2.08. The van der Waals surface area contributed by atoms with Crippen LogP contribution in [-0.4, -0.2) is 24.7 Å². The summed E-state index contributed by atoms with van der Waals surface area (Å²) >= 11 is 0. The Bertz CT molecular complexity index is 1330. The van der Waals surface area contributed by atoms with Crippen LogP contribution in [0.25, 0.3) is 27.5 Å². The van der Waals surface area contributed by atoms with E-state index in [1.165, 1.54) is 6.20 Å². The van der Waals surface area contributed by atoms with Crippen LogP contribution in [0, 0.1) is 0 Å². The number of benzene rings is 2. The van der Waals surface area contributed by atoms with Crippen LogP contribution in [0.3, 0.4) is 0 Å². The third kappa shape index (κ3) is 2.79. The molecule has 0 fully saturated rings. The van der Waals surface area contributed by atoms with E-state index in [9.17, 15) is 4.79 Å². The Morgan fingerprint density at radius 2 is 1.79 bits per heavy atom. The maximum atomic E-state index is 12.5. The van der Waals surface area contributed by atoms with Crippen LogP contribution < -0.4 is 10.9 Å². The minimum atomic E-state index is -0.236. The molecule has 0 aliphatic rings. The second kappa shape index (κ2) is 6.62. The zero-order valence-electron chi connectivity index (χ0n) is 14.8. The number of anilines is 1. The molecule has 0 aliphatic carbocycles. The van der Waals surface area contributed by atoms with Gasteiger partial charge in [0.15, 0.2) is 5.65 Å². The normalized spacial score (nSPS) is 11.1. The Balaban J connectivity index is 1.52. The molecular weight excluding hydrogens is 352 g/mol. The van der Waals surface area contributed by atoms with Crippen molar-refractivity contribution in [1.82, 2.24) is 24.7 Å². The summed E-state index contributed by atoms with van der Waals surface area (Å²) in [6, 6.07) is 19.6. The van der Waals surface area contributed by atoms with Gasteiger partial charge in [-0.15, -0.1) is 0 Å². The largest absolute Gasteiger partial charge is 0.350 e. The van der Waals surface area contributed by atoms with Crippen LogP contribution in [0.5, 0.6) is 0 Å². The Morgan fingerprint density at radius 3 is 2.68 bits per heavy atom. The Kier molecular flexibility index (Phi) is 3.83. The molecule has 3 heterocycles. The summed E-state index contributed by atoms with van der Waals surface area (Å²) < 4.78 is 1.66. The van der Waals surface area contributed by atoms with Gasteiger partial charge in [0.25, 0.3) is 5.56 Å². The lowest BCUT2D eigenvalue weighted by molar-refractivity contribution is 0.893. The molecule has 0 spiro atoms. The van der Waals surface area contributed by atoms with Crippen molar-refractivity contribution < 1.29 is 0 Å². The van der Waals surface area contributed by atoms with E-state index in [0.29, 0.717) is 23.5 Å². The summed E-state index contributed by atoms with van der Waals surface area (Å²) in [4.78, 5) is 24.3. The van der Waals surface area contributed by atoms with E-state index in [0.717, 1.165) is 22.2 Å². The predicted molar refractivity (Wildman–Crippen MR) is 109 cm³/mol. The van der Waals surface area contributed by atoms with Crippen molar-refractivity contribution in [2.75, 3.05) is 5.32 Å². The first-order chi connectivity index (χ1) is 13.8. The number of hydrogen-bond donors (Lipinski definition) is 2. The third-order valence-corrected chi connectivity index (χ3v) is 4.62. The van der Waals surface area contributed by atoms with Crippen molar-refractivity contribution in [1.29, 1.82) is 0 Å². The van der Waals surface area contributed by atoms with E-state index in [2.05, 4.69) is 25.4 Å². The highest BCUT2D eigenvalue weighted by atomic mass is 16.1. The number of fused-ring (bicyclic) bond motifs is 2. The van der Waals surface area contributed by atoms with Crippen molar-refractivity contribution in [2.24, 2.45) is 0 Å². The number of nitrogens with one attached hydrogen (secondary N) is 2. The smallest absolute Gasteiger partial charge is 0.263 e. The molecule has 0 unspecified atom stereocenters. The molecule has 5 aromatic rings. The second-order valence-corrected chi connectivity index (χ2v) is 6.38. The van der Waals surface area contributed by atoms with Gasteiger partial charge in [0, 0.05) is 11.6 Å². The van der Waals surface area contributed by atoms with Gasteiger partial charge in [-0.3, -0.25) is 14.8 Å². The topological polar surface area (TPSA) is 88.5 Å². The lowest BCUT2D eigenvalue weighted by atomic mass is 10.1. The van der Waals surface area contributed by atoms with Crippen LogP contribution in [-0.2, 0) is 6.54 Å². The predicted octanol–water partition coefficient (Wildman–Crippen LogP) is 3.27. The summed E-state index contributed by atoms with van der Waals surface area (Å²) in [5, 5.41) is 10.1. The molecule has 0 radical (unpaired) electrons. The average molecular weight is 368 g/mol. The molecule has 2 aromatic carbocycles. The van der Waals surface area contributed by atoms with Crippen LogP contribution in [0.1, 0.15) is 5.69 Å². The van der Waals surface area contributed by atoms with Gasteiger partial charge in [-0.05, 0) is 23.6 Å². The van der Waals surface area contributed by atoms with Crippen molar-refractivity contribution in [3.8, 4) is 5.69 Å². The molecule has 2 N–H and O–H groups in total. The van der Waals surface area contributed by atoms with Gasteiger partial charge in [-0.2, -0.15) is 10.1 Å². The number of pyridine rings is 1. The van der Waals surface area contributed by atoms with E-state index < -0.39 is 0 Å². The molecule has 136 valence electrons. The second-order valence-electron chi connectivity index (χ2n) is 6.38. The molecule has 28 heavy (non-hydrogen) atoms. The van der Waals surface area contributed by atoms with Gasteiger partial charge in [-0.25, -0.2) is 4.68 Å². The van der Waals surface area contributed by atoms with Gasteiger partial charge in [-0.1, -0.05) is 42.5 Å². The summed E-state index contributed by atoms with van der Waals surface area (Å²) in [6.45, 7) is 0.440. The summed E-state index contributed by atoms with van der Waals surface area (Å²) in [5.41, 5.74) is 2.00. The molecule has 7 nitrogen and oxygen atoms in total. The van der Waals surface area contributed by atoms with Gasteiger partial charge < -0.3 is 5.32 Å². The fraction of sp³-hybridized carbons (Fsp3) is 0.0476. The lowest BCUT2D eigenvalue weighted by Crippen LogP contribution is -2.14. The van der Waals surface area contributed by atoms with Crippen LogP contribution in [0.15, 0.2) is 77.9 Å². The van der Waals surface area contributed by atoms with Gasteiger partial charge in [0.05, 0.1) is 24.1 Å².